The number of non-ortho nitro benzene ring substituents is 2. The van der Waals surface area contributed by atoms with Gasteiger partial charge in [-0.3, -0.25) is 25.2 Å². The van der Waals surface area contributed by atoms with Gasteiger partial charge in [0.25, 0.3) is 11.4 Å². The Morgan fingerprint density at radius 3 is 2.50 bits per heavy atom. The van der Waals surface area contributed by atoms with Crippen molar-refractivity contribution in [3.63, 3.8) is 0 Å². The molecule has 0 unspecified atom stereocenters. The summed E-state index contributed by atoms with van der Waals surface area (Å²) in [6.45, 7) is 0. The lowest BCUT2D eigenvalue weighted by atomic mass is 10.1. The number of pyridine rings is 1. The molecule has 0 bridgehead atoms. The van der Waals surface area contributed by atoms with Crippen LogP contribution < -0.4 is 0 Å². The molecule has 1 aromatic heterocycles. The van der Waals surface area contributed by atoms with Gasteiger partial charge in [0.05, 0.1) is 21.3 Å². The number of benzene rings is 1. The van der Waals surface area contributed by atoms with E-state index < -0.39 is 9.85 Å². The van der Waals surface area contributed by atoms with Gasteiger partial charge in [0.1, 0.15) is 0 Å². The van der Waals surface area contributed by atoms with Crippen LogP contribution in [0.1, 0.15) is 0 Å². The van der Waals surface area contributed by atoms with E-state index in [0.29, 0.717) is 5.39 Å². The van der Waals surface area contributed by atoms with Crippen LogP contribution in [0.4, 0.5) is 11.4 Å². The number of rotatable bonds is 2. The number of nitro benzene ring substituents is 2. The van der Waals surface area contributed by atoms with Crippen LogP contribution in [0, 0.1) is 20.2 Å². The van der Waals surface area contributed by atoms with Crippen molar-refractivity contribution in [2.75, 3.05) is 0 Å². The van der Waals surface area contributed by atoms with E-state index in [1.807, 2.05) is 0 Å². The SMILES string of the molecule is O=[N+]([O-])c1cc([N+](=O)[O-])c2cnccc2c1. The average molecular weight is 219 g/mol. The maximum Gasteiger partial charge on any atom is 0.285 e. The van der Waals surface area contributed by atoms with Crippen LogP contribution in [0.2, 0.25) is 0 Å². The van der Waals surface area contributed by atoms with Crippen LogP contribution in [0.3, 0.4) is 0 Å². The second-order valence-corrected chi connectivity index (χ2v) is 3.08. The molecule has 7 heteroatoms. The summed E-state index contributed by atoms with van der Waals surface area (Å²) in [4.78, 5) is 23.8. The first kappa shape index (κ1) is 9.97. The highest BCUT2D eigenvalue weighted by Crippen LogP contribution is 2.29. The zero-order chi connectivity index (χ0) is 11.7. The largest absolute Gasteiger partial charge is 0.285 e. The molecule has 2 rings (SSSR count). The standard InChI is InChI=1S/C9H5N3O4/c13-11(14)7-3-6-1-2-10-5-8(6)9(4-7)12(15)16/h1-5H. The van der Waals surface area contributed by atoms with Crippen molar-refractivity contribution in [2.24, 2.45) is 0 Å². The first-order valence-corrected chi connectivity index (χ1v) is 4.26. The third-order valence-corrected chi connectivity index (χ3v) is 2.13. The first-order valence-electron chi connectivity index (χ1n) is 4.26. The molecule has 80 valence electrons. The number of aromatic nitrogens is 1. The highest BCUT2D eigenvalue weighted by atomic mass is 16.6. The number of fused-ring (bicyclic) bond motifs is 1. The highest BCUT2D eigenvalue weighted by molar-refractivity contribution is 5.92. The maximum atomic E-state index is 10.7. The van der Waals surface area contributed by atoms with E-state index in [2.05, 4.69) is 4.98 Å². The number of nitro groups is 2. The van der Waals surface area contributed by atoms with Gasteiger partial charge in [-0.1, -0.05) is 0 Å². The Morgan fingerprint density at radius 2 is 1.88 bits per heavy atom. The van der Waals surface area contributed by atoms with Gasteiger partial charge in [0.15, 0.2) is 0 Å². The summed E-state index contributed by atoms with van der Waals surface area (Å²) in [5.41, 5.74) is -0.609. The third-order valence-electron chi connectivity index (χ3n) is 2.13. The molecule has 7 nitrogen and oxygen atoms in total. The molecule has 0 aliphatic heterocycles. The summed E-state index contributed by atoms with van der Waals surface area (Å²) in [6.07, 6.45) is 2.74. The summed E-state index contributed by atoms with van der Waals surface area (Å²) in [5.74, 6) is 0. The Morgan fingerprint density at radius 1 is 1.12 bits per heavy atom. The van der Waals surface area contributed by atoms with E-state index in [0.717, 1.165) is 6.07 Å². The Bertz CT molecular complexity index is 596. The Kier molecular flexibility index (Phi) is 2.20. The number of hydrogen-bond acceptors (Lipinski definition) is 5. The minimum absolute atomic E-state index is 0.290. The Balaban J connectivity index is 2.84. The Hall–Kier alpha value is -2.57. The van der Waals surface area contributed by atoms with E-state index in [-0.39, 0.29) is 16.8 Å². The van der Waals surface area contributed by atoms with Crippen molar-refractivity contribution < 1.29 is 9.85 Å². The van der Waals surface area contributed by atoms with E-state index in [1.165, 1.54) is 24.5 Å². The molecule has 0 amide bonds. The molecule has 0 N–H and O–H groups in total. The van der Waals surface area contributed by atoms with Crippen molar-refractivity contribution >= 4 is 22.1 Å². The number of nitrogens with zero attached hydrogens (tertiary/aromatic N) is 3. The summed E-state index contributed by atoms with van der Waals surface area (Å²) in [7, 11) is 0. The van der Waals surface area contributed by atoms with Crippen LogP contribution >= 0.6 is 0 Å². The van der Waals surface area contributed by atoms with Gasteiger partial charge < -0.3 is 0 Å². The molecule has 0 aliphatic carbocycles. The molecule has 0 aliphatic rings. The molecule has 1 heterocycles. The van der Waals surface area contributed by atoms with Gasteiger partial charge in [-0.05, 0) is 11.5 Å². The van der Waals surface area contributed by atoms with Crippen LogP contribution in [-0.4, -0.2) is 14.8 Å². The molecule has 0 fully saturated rings. The molecule has 1 aromatic carbocycles. The normalized spacial score (nSPS) is 10.2. The predicted molar refractivity (Wildman–Crippen MR) is 55.1 cm³/mol. The zero-order valence-corrected chi connectivity index (χ0v) is 7.86. The minimum atomic E-state index is -0.660. The fourth-order valence-electron chi connectivity index (χ4n) is 1.42. The van der Waals surface area contributed by atoms with E-state index in [1.54, 1.807) is 0 Å². The summed E-state index contributed by atoms with van der Waals surface area (Å²) < 4.78 is 0. The van der Waals surface area contributed by atoms with Crippen molar-refractivity contribution in [1.82, 2.24) is 4.98 Å². The lowest BCUT2D eigenvalue weighted by Gasteiger charge is -1.98. The first-order chi connectivity index (χ1) is 7.59. The van der Waals surface area contributed by atoms with Gasteiger partial charge in [0, 0.05) is 18.5 Å². The average Bonchev–Trinajstić information content (AvgIpc) is 2.27. The van der Waals surface area contributed by atoms with E-state index in [4.69, 9.17) is 0 Å². The summed E-state index contributed by atoms with van der Waals surface area (Å²) >= 11 is 0. The van der Waals surface area contributed by atoms with Gasteiger partial charge in [-0.15, -0.1) is 0 Å². The molecule has 0 spiro atoms. The molecular weight excluding hydrogens is 214 g/mol. The van der Waals surface area contributed by atoms with Gasteiger partial charge in [-0.2, -0.15) is 0 Å². The molecule has 2 aromatic rings. The third kappa shape index (κ3) is 1.54. The molecule has 0 saturated heterocycles. The Labute approximate surface area is 88.6 Å². The molecule has 0 saturated carbocycles. The van der Waals surface area contributed by atoms with Crippen molar-refractivity contribution in [2.45, 2.75) is 0 Å². The fraction of sp³-hybridized carbons (Fsp3) is 0. The van der Waals surface area contributed by atoms with Crippen LogP contribution in [-0.2, 0) is 0 Å². The quantitative estimate of drug-likeness (QED) is 0.568. The topological polar surface area (TPSA) is 99.2 Å². The number of hydrogen-bond donors (Lipinski definition) is 0. The zero-order valence-electron chi connectivity index (χ0n) is 7.86. The second-order valence-electron chi connectivity index (χ2n) is 3.08. The van der Waals surface area contributed by atoms with Gasteiger partial charge in [-0.25, -0.2) is 0 Å². The lowest BCUT2D eigenvalue weighted by Crippen LogP contribution is -1.94. The van der Waals surface area contributed by atoms with Crippen LogP contribution in [0.15, 0.2) is 30.6 Å². The monoisotopic (exact) mass is 219 g/mol. The summed E-state index contributed by atoms with van der Waals surface area (Å²) in [6, 6.07) is 3.71. The van der Waals surface area contributed by atoms with E-state index in [9.17, 15) is 20.2 Å². The summed E-state index contributed by atoms with van der Waals surface area (Å²) in [5, 5.41) is 22.0. The van der Waals surface area contributed by atoms with Crippen LogP contribution in [0.5, 0.6) is 0 Å². The maximum absolute atomic E-state index is 10.7. The molecular formula is C9H5N3O4. The highest BCUT2D eigenvalue weighted by Gasteiger charge is 2.18. The van der Waals surface area contributed by atoms with Crippen molar-refractivity contribution in [3.8, 4) is 0 Å². The predicted octanol–water partition coefficient (Wildman–Crippen LogP) is 2.05. The molecule has 0 atom stereocenters. The second kappa shape index (κ2) is 3.54. The van der Waals surface area contributed by atoms with Gasteiger partial charge >= 0.3 is 0 Å². The lowest BCUT2D eigenvalue weighted by molar-refractivity contribution is -0.393. The van der Waals surface area contributed by atoms with Gasteiger partial charge in [0.2, 0.25) is 0 Å². The molecule has 0 radical (unpaired) electrons. The van der Waals surface area contributed by atoms with E-state index >= 15 is 0 Å². The fourth-order valence-corrected chi connectivity index (χ4v) is 1.42. The van der Waals surface area contributed by atoms with Crippen LogP contribution in [0.25, 0.3) is 10.8 Å². The van der Waals surface area contributed by atoms with Crippen molar-refractivity contribution in [3.05, 3.63) is 50.8 Å². The smallest absolute Gasteiger partial charge is 0.264 e. The van der Waals surface area contributed by atoms with Crippen molar-refractivity contribution in [1.29, 1.82) is 0 Å². The minimum Gasteiger partial charge on any atom is -0.264 e. The molecule has 16 heavy (non-hydrogen) atoms.